The van der Waals surface area contributed by atoms with Crippen LogP contribution in [0.3, 0.4) is 0 Å². The molecule has 0 aliphatic heterocycles. The minimum absolute atomic E-state index is 0.317. The van der Waals surface area contributed by atoms with Crippen LogP contribution in [0, 0.1) is 41.0 Å². The smallest absolute Gasteiger partial charge is 0.103 e. The number of rotatable bonds is 1. The average molecular weight is 265 g/mol. The van der Waals surface area contributed by atoms with Crippen molar-refractivity contribution in [2.75, 3.05) is 0 Å². The van der Waals surface area contributed by atoms with Crippen molar-refractivity contribution in [3.05, 3.63) is 51.2 Å². The van der Waals surface area contributed by atoms with Gasteiger partial charge in [0.15, 0.2) is 0 Å². The zero-order chi connectivity index (χ0) is 14.0. The first-order valence-electron chi connectivity index (χ1n) is 5.72. The fourth-order valence-electron chi connectivity index (χ4n) is 1.98. The number of benzene rings is 1. The Morgan fingerprint density at radius 1 is 1.11 bits per heavy atom. The molecular formula is C15H11N3S. The molecular weight excluding hydrogens is 254 g/mol. The molecule has 0 amide bonds. The highest BCUT2D eigenvalue weighted by molar-refractivity contribution is 7.71. The van der Waals surface area contributed by atoms with Gasteiger partial charge in [0.1, 0.15) is 12.1 Å². The first-order chi connectivity index (χ1) is 9.08. The first kappa shape index (κ1) is 13.0. The third-order valence-corrected chi connectivity index (χ3v) is 3.33. The summed E-state index contributed by atoms with van der Waals surface area (Å²) in [7, 11) is 0. The van der Waals surface area contributed by atoms with E-state index in [2.05, 4.69) is 11.1 Å². The Morgan fingerprint density at radius 2 is 1.79 bits per heavy atom. The minimum Gasteiger partial charge on any atom is -0.356 e. The van der Waals surface area contributed by atoms with E-state index >= 15 is 0 Å². The number of hydrogen-bond donors (Lipinski definition) is 1. The number of nitrogens with zero attached hydrogens (tertiary/aromatic N) is 2. The quantitative estimate of drug-likeness (QED) is 0.798. The van der Waals surface area contributed by atoms with Crippen LogP contribution in [0.1, 0.15) is 22.4 Å². The standard InChI is InChI=1S/C15H11N3S/c1-9-4-3-5-11(6-9)14-13(8-17)15(19)12(7-16)10(2)18-14/h3-6H,1-2H3,(H,18,19). The van der Waals surface area contributed by atoms with Crippen LogP contribution in [-0.4, -0.2) is 4.98 Å². The van der Waals surface area contributed by atoms with Gasteiger partial charge in [-0.05, 0) is 25.5 Å². The topological polar surface area (TPSA) is 63.4 Å². The van der Waals surface area contributed by atoms with Crippen molar-refractivity contribution in [3.63, 3.8) is 0 Å². The number of hydrogen-bond acceptors (Lipinski definition) is 3. The molecule has 1 heterocycles. The van der Waals surface area contributed by atoms with Crippen molar-refractivity contribution in [3.8, 4) is 23.4 Å². The Bertz CT molecular complexity index is 789. The largest absolute Gasteiger partial charge is 0.356 e. The minimum atomic E-state index is 0.317. The Kier molecular flexibility index (Phi) is 3.46. The summed E-state index contributed by atoms with van der Waals surface area (Å²) in [5.74, 6) is 0. The number of nitrogens with one attached hydrogen (secondary N) is 1. The molecule has 0 saturated heterocycles. The van der Waals surface area contributed by atoms with Gasteiger partial charge in [0.05, 0.1) is 21.3 Å². The van der Waals surface area contributed by atoms with Gasteiger partial charge >= 0.3 is 0 Å². The zero-order valence-electron chi connectivity index (χ0n) is 10.6. The fourth-order valence-corrected chi connectivity index (χ4v) is 2.33. The van der Waals surface area contributed by atoms with Gasteiger partial charge in [0.25, 0.3) is 0 Å². The molecule has 1 aromatic heterocycles. The van der Waals surface area contributed by atoms with Crippen LogP contribution < -0.4 is 0 Å². The van der Waals surface area contributed by atoms with Gasteiger partial charge in [-0.2, -0.15) is 10.5 Å². The maximum Gasteiger partial charge on any atom is 0.103 e. The van der Waals surface area contributed by atoms with Gasteiger partial charge in [0, 0.05) is 5.69 Å². The Balaban J connectivity index is 2.84. The highest BCUT2D eigenvalue weighted by Gasteiger charge is 2.13. The molecule has 19 heavy (non-hydrogen) atoms. The molecule has 1 aromatic carbocycles. The monoisotopic (exact) mass is 265 g/mol. The second-order valence-electron chi connectivity index (χ2n) is 4.30. The molecule has 0 spiro atoms. The van der Waals surface area contributed by atoms with Crippen LogP contribution in [0.5, 0.6) is 0 Å². The zero-order valence-corrected chi connectivity index (χ0v) is 11.4. The van der Waals surface area contributed by atoms with E-state index < -0.39 is 0 Å². The van der Waals surface area contributed by atoms with E-state index in [-0.39, 0.29) is 0 Å². The van der Waals surface area contributed by atoms with Crippen molar-refractivity contribution < 1.29 is 0 Å². The van der Waals surface area contributed by atoms with E-state index in [0.29, 0.717) is 27.0 Å². The van der Waals surface area contributed by atoms with Crippen LogP contribution in [0.2, 0.25) is 0 Å². The third-order valence-electron chi connectivity index (χ3n) is 2.92. The SMILES string of the molecule is Cc1cccc(-c2[nH]c(C)c(C#N)c(=S)c2C#N)c1. The molecule has 0 atom stereocenters. The summed E-state index contributed by atoms with van der Waals surface area (Å²) in [6, 6.07) is 11.9. The summed E-state index contributed by atoms with van der Waals surface area (Å²) in [4.78, 5) is 3.12. The van der Waals surface area contributed by atoms with E-state index in [1.165, 1.54) is 0 Å². The lowest BCUT2D eigenvalue weighted by Crippen LogP contribution is -1.98. The van der Waals surface area contributed by atoms with E-state index in [1.54, 1.807) is 6.92 Å². The maximum absolute atomic E-state index is 9.29. The summed E-state index contributed by atoms with van der Waals surface area (Å²) >= 11 is 5.23. The number of aromatic amines is 1. The van der Waals surface area contributed by atoms with Gasteiger partial charge in [-0.1, -0.05) is 36.0 Å². The highest BCUT2D eigenvalue weighted by atomic mass is 32.1. The van der Waals surface area contributed by atoms with E-state index in [9.17, 15) is 5.26 Å². The maximum atomic E-state index is 9.29. The molecule has 3 nitrogen and oxygen atoms in total. The average Bonchev–Trinajstić information content (AvgIpc) is 2.38. The molecule has 2 aromatic rings. The molecule has 92 valence electrons. The van der Waals surface area contributed by atoms with E-state index in [0.717, 1.165) is 11.1 Å². The molecule has 0 fully saturated rings. The van der Waals surface area contributed by atoms with Crippen LogP contribution >= 0.6 is 12.2 Å². The van der Waals surface area contributed by atoms with Crippen LogP contribution in [0.25, 0.3) is 11.3 Å². The summed E-state index contributed by atoms with van der Waals surface area (Å²) in [6.07, 6.45) is 0. The van der Waals surface area contributed by atoms with Crippen molar-refractivity contribution in [1.29, 1.82) is 10.5 Å². The van der Waals surface area contributed by atoms with E-state index in [4.69, 9.17) is 17.5 Å². The predicted octanol–water partition coefficient (Wildman–Crippen LogP) is 3.77. The highest BCUT2D eigenvalue weighted by Crippen LogP contribution is 2.25. The number of H-pyrrole nitrogens is 1. The van der Waals surface area contributed by atoms with Crippen molar-refractivity contribution in [2.45, 2.75) is 13.8 Å². The summed E-state index contributed by atoms with van der Waals surface area (Å²) in [5.41, 5.74) is 4.07. The first-order valence-corrected chi connectivity index (χ1v) is 6.13. The number of aromatic nitrogens is 1. The predicted molar refractivity (Wildman–Crippen MR) is 76.0 cm³/mol. The number of aryl methyl sites for hydroxylation is 2. The Morgan fingerprint density at radius 3 is 2.37 bits per heavy atom. The summed E-state index contributed by atoms with van der Waals surface area (Å²) in [6.45, 7) is 3.77. The number of pyridine rings is 1. The van der Waals surface area contributed by atoms with Crippen LogP contribution in [0.15, 0.2) is 24.3 Å². The van der Waals surface area contributed by atoms with Crippen molar-refractivity contribution in [2.24, 2.45) is 0 Å². The van der Waals surface area contributed by atoms with Gasteiger partial charge in [-0.25, -0.2) is 0 Å². The van der Waals surface area contributed by atoms with E-state index in [1.807, 2.05) is 37.3 Å². The molecule has 0 unspecified atom stereocenters. The lowest BCUT2D eigenvalue weighted by Gasteiger charge is -2.09. The molecule has 2 rings (SSSR count). The van der Waals surface area contributed by atoms with Gasteiger partial charge in [-0.15, -0.1) is 0 Å². The van der Waals surface area contributed by atoms with Crippen molar-refractivity contribution in [1.82, 2.24) is 4.98 Å². The lowest BCUT2D eigenvalue weighted by molar-refractivity contribution is 1.16. The lowest BCUT2D eigenvalue weighted by atomic mass is 10.0. The second kappa shape index (κ2) is 5.06. The van der Waals surface area contributed by atoms with Crippen LogP contribution in [0.4, 0.5) is 0 Å². The molecule has 0 bridgehead atoms. The van der Waals surface area contributed by atoms with Gasteiger partial charge in [0.2, 0.25) is 0 Å². The second-order valence-corrected chi connectivity index (χ2v) is 4.71. The molecule has 0 aliphatic rings. The van der Waals surface area contributed by atoms with Crippen molar-refractivity contribution >= 4 is 12.2 Å². The molecule has 0 radical (unpaired) electrons. The Labute approximate surface area is 116 Å². The van der Waals surface area contributed by atoms with Crippen LogP contribution in [-0.2, 0) is 0 Å². The Hall–Kier alpha value is -2.43. The normalized spacial score (nSPS) is 9.68. The fraction of sp³-hybridized carbons (Fsp3) is 0.133. The molecule has 0 saturated carbocycles. The molecule has 4 heteroatoms. The summed E-state index contributed by atoms with van der Waals surface area (Å²) < 4.78 is 0.317. The van der Waals surface area contributed by atoms with Gasteiger partial charge in [-0.3, -0.25) is 0 Å². The number of nitriles is 2. The molecule has 1 N–H and O–H groups in total. The molecule has 0 aliphatic carbocycles. The van der Waals surface area contributed by atoms with Gasteiger partial charge < -0.3 is 4.98 Å². The summed E-state index contributed by atoms with van der Waals surface area (Å²) in [5, 5.41) is 18.4. The third kappa shape index (κ3) is 2.27.